The van der Waals surface area contributed by atoms with Crippen LogP contribution in [0.4, 0.5) is 9.59 Å². The van der Waals surface area contributed by atoms with Gasteiger partial charge in [-0.25, -0.2) is 14.4 Å². The Kier molecular flexibility index (Phi) is 13.0. The number of hydroxylamine groups is 2. The van der Waals surface area contributed by atoms with Gasteiger partial charge in [0.15, 0.2) is 0 Å². The van der Waals surface area contributed by atoms with Crippen LogP contribution in [-0.2, 0) is 38.3 Å². The standard InChI is InChI=1S/C23H37N5O10/c1-6-7-12-36-21(34)24-10-11-27(22(35)37-23(3,4)5)14-16(29)26-15(2)20(33)25-13-19(32)38-28-17(30)8-9-18(28)31/h15H,6-14H2,1-5H3,(H,24,34)(H,25,33)(H,26,29)/t15-/m0/s1. The number of ether oxygens (including phenoxy) is 2. The third-order valence-corrected chi connectivity index (χ3v) is 4.74. The lowest BCUT2D eigenvalue weighted by Gasteiger charge is -2.27. The summed E-state index contributed by atoms with van der Waals surface area (Å²) in [7, 11) is 0. The average Bonchev–Trinajstić information content (AvgIpc) is 3.12. The normalized spacial score (nSPS) is 13.9. The van der Waals surface area contributed by atoms with Gasteiger partial charge in [-0.2, -0.15) is 0 Å². The lowest BCUT2D eigenvalue weighted by atomic mass is 10.2. The van der Waals surface area contributed by atoms with Crippen LogP contribution in [0.25, 0.3) is 0 Å². The predicted molar refractivity (Wildman–Crippen MR) is 130 cm³/mol. The summed E-state index contributed by atoms with van der Waals surface area (Å²) in [6.45, 7) is 7.28. The number of amides is 6. The molecule has 0 aromatic heterocycles. The van der Waals surface area contributed by atoms with Gasteiger partial charge in [0.05, 0.1) is 6.61 Å². The summed E-state index contributed by atoms with van der Waals surface area (Å²) in [5, 5.41) is 7.45. The van der Waals surface area contributed by atoms with E-state index in [1.54, 1.807) is 20.8 Å². The van der Waals surface area contributed by atoms with Crippen molar-refractivity contribution in [1.82, 2.24) is 25.9 Å². The van der Waals surface area contributed by atoms with Crippen LogP contribution in [0.15, 0.2) is 0 Å². The van der Waals surface area contributed by atoms with Crippen molar-refractivity contribution in [2.24, 2.45) is 0 Å². The number of hydrogen-bond donors (Lipinski definition) is 3. The predicted octanol–water partition coefficient (Wildman–Crippen LogP) is -0.0221. The monoisotopic (exact) mass is 543 g/mol. The first-order valence-corrected chi connectivity index (χ1v) is 12.3. The van der Waals surface area contributed by atoms with Crippen LogP contribution in [0.2, 0.25) is 0 Å². The Morgan fingerprint density at radius 1 is 1.05 bits per heavy atom. The van der Waals surface area contributed by atoms with E-state index in [0.717, 1.165) is 11.3 Å². The molecular weight excluding hydrogens is 506 g/mol. The summed E-state index contributed by atoms with van der Waals surface area (Å²) < 4.78 is 10.3. The molecule has 0 saturated carbocycles. The van der Waals surface area contributed by atoms with Gasteiger partial charge in [0.25, 0.3) is 11.8 Å². The fraction of sp³-hybridized carbons (Fsp3) is 0.696. The van der Waals surface area contributed by atoms with Crippen LogP contribution in [-0.4, -0.2) is 96.2 Å². The molecule has 1 aliphatic rings. The Morgan fingerprint density at radius 2 is 1.68 bits per heavy atom. The number of hydrogen-bond acceptors (Lipinski definition) is 10. The summed E-state index contributed by atoms with van der Waals surface area (Å²) in [4.78, 5) is 89.6. The van der Waals surface area contributed by atoms with Crippen molar-refractivity contribution in [2.45, 2.75) is 71.9 Å². The second-order valence-corrected chi connectivity index (χ2v) is 9.37. The quantitative estimate of drug-likeness (QED) is 0.210. The van der Waals surface area contributed by atoms with Crippen molar-refractivity contribution in [3.63, 3.8) is 0 Å². The molecule has 38 heavy (non-hydrogen) atoms. The van der Waals surface area contributed by atoms with Crippen LogP contribution in [0.1, 0.15) is 60.3 Å². The lowest BCUT2D eigenvalue weighted by Crippen LogP contribution is -2.51. The van der Waals surface area contributed by atoms with E-state index in [1.807, 2.05) is 6.92 Å². The summed E-state index contributed by atoms with van der Waals surface area (Å²) >= 11 is 0. The van der Waals surface area contributed by atoms with Gasteiger partial charge in [-0.15, -0.1) is 5.06 Å². The number of unbranched alkanes of at least 4 members (excludes halogenated alkanes) is 1. The maximum Gasteiger partial charge on any atom is 0.410 e. The second kappa shape index (κ2) is 15.4. The second-order valence-electron chi connectivity index (χ2n) is 9.37. The van der Waals surface area contributed by atoms with Crippen LogP contribution in [0.5, 0.6) is 0 Å². The summed E-state index contributed by atoms with van der Waals surface area (Å²) in [5.74, 6) is -3.83. The van der Waals surface area contributed by atoms with Crippen LogP contribution in [0, 0.1) is 0 Å². The van der Waals surface area contributed by atoms with Gasteiger partial charge < -0.3 is 30.3 Å². The number of carbonyl (C=O) groups is 7. The van der Waals surface area contributed by atoms with Crippen molar-refractivity contribution in [2.75, 3.05) is 32.8 Å². The van der Waals surface area contributed by atoms with Crippen molar-refractivity contribution in [3.8, 4) is 0 Å². The third kappa shape index (κ3) is 12.4. The highest BCUT2D eigenvalue weighted by atomic mass is 16.7. The third-order valence-electron chi connectivity index (χ3n) is 4.74. The molecule has 1 heterocycles. The molecule has 1 saturated heterocycles. The molecule has 0 bridgehead atoms. The smallest absolute Gasteiger partial charge is 0.410 e. The molecule has 0 unspecified atom stereocenters. The summed E-state index contributed by atoms with van der Waals surface area (Å²) in [5.41, 5.74) is -0.843. The molecule has 6 amide bonds. The van der Waals surface area contributed by atoms with Gasteiger partial charge in [-0.3, -0.25) is 24.1 Å². The van der Waals surface area contributed by atoms with E-state index in [9.17, 15) is 33.6 Å². The zero-order chi connectivity index (χ0) is 28.9. The maximum absolute atomic E-state index is 12.6. The molecule has 1 aliphatic heterocycles. The first kappa shape index (κ1) is 32.1. The van der Waals surface area contributed by atoms with E-state index < -0.39 is 66.5 Å². The molecule has 1 fully saturated rings. The highest BCUT2D eigenvalue weighted by molar-refractivity contribution is 6.01. The molecular formula is C23H37N5O10. The molecule has 0 aromatic carbocycles. The first-order chi connectivity index (χ1) is 17.7. The number of rotatable bonds is 13. The SMILES string of the molecule is CCCCOC(=O)NCCN(CC(=O)N[C@@H](C)C(=O)NCC(=O)ON1C(=O)CCC1=O)C(=O)OC(C)(C)C. The fourth-order valence-corrected chi connectivity index (χ4v) is 2.84. The number of nitrogens with zero attached hydrogens (tertiary/aromatic N) is 2. The van der Waals surface area contributed by atoms with Gasteiger partial charge in [-0.05, 0) is 34.1 Å². The number of alkyl carbamates (subject to hydrolysis) is 1. The molecule has 0 aliphatic carbocycles. The van der Waals surface area contributed by atoms with Crippen LogP contribution < -0.4 is 16.0 Å². The van der Waals surface area contributed by atoms with E-state index >= 15 is 0 Å². The van der Waals surface area contributed by atoms with Crippen LogP contribution >= 0.6 is 0 Å². The van der Waals surface area contributed by atoms with Gasteiger partial charge in [0, 0.05) is 25.9 Å². The van der Waals surface area contributed by atoms with Crippen molar-refractivity contribution in [3.05, 3.63) is 0 Å². The molecule has 0 radical (unpaired) electrons. The number of carbonyl (C=O) groups excluding carboxylic acids is 7. The highest BCUT2D eigenvalue weighted by Crippen LogP contribution is 2.12. The topological polar surface area (TPSA) is 190 Å². The molecule has 1 atom stereocenters. The van der Waals surface area contributed by atoms with Gasteiger partial charge in [0.1, 0.15) is 24.7 Å². The zero-order valence-corrected chi connectivity index (χ0v) is 22.4. The number of imide groups is 1. The molecule has 0 spiro atoms. The molecule has 0 aromatic rings. The Morgan fingerprint density at radius 3 is 2.26 bits per heavy atom. The highest BCUT2D eigenvalue weighted by Gasteiger charge is 2.33. The first-order valence-electron chi connectivity index (χ1n) is 12.3. The minimum Gasteiger partial charge on any atom is -0.450 e. The molecule has 3 N–H and O–H groups in total. The van der Waals surface area contributed by atoms with E-state index in [0.29, 0.717) is 11.5 Å². The minimum absolute atomic E-state index is 0.0162. The van der Waals surface area contributed by atoms with Crippen molar-refractivity contribution < 1.29 is 47.9 Å². The van der Waals surface area contributed by atoms with E-state index in [-0.39, 0.29) is 32.5 Å². The van der Waals surface area contributed by atoms with Crippen molar-refractivity contribution >= 4 is 41.8 Å². The Bertz CT molecular complexity index is 886. The zero-order valence-electron chi connectivity index (χ0n) is 22.4. The molecule has 15 heteroatoms. The lowest BCUT2D eigenvalue weighted by molar-refractivity contribution is -0.196. The number of nitrogens with one attached hydrogen (secondary N) is 3. The Balaban J connectivity index is 2.57. The van der Waals surface area contributed by atoms with E-state index in [4.69, 9.17) is 9.47 Å². The van der Waals surface area contributed by atoms with Crippen molar-refractivity contribution in [1.29, 1.82) is 0 Å². The van der Waals surface area contributed by atoms with Gasteiger partial charge >= 0.3 is 18.2 Å². The van der Waals surface area contributed by atoms with Gasteiger partial charge in [0.2, 0.25) is 11.8 Å². The molecule has 214 valence electrons. The molecule has 15 nitrogen and oxygen atoms in total. The molecule has 1 rings (SSSR count). The fourth-order valence-electron chi connectivity index (χ4n) is 2.84. The summed E-state index contributed by atoms with van der Waals surface area (Å²) in [6.07, 6.45) is -0.0331. The Hall–Kier alpha value is -3.91. The van der Waals surface area contributed by atoms with Crippen LogP contribution in [0.3, 0.4) is 0 Å². The largest absolute Gasteiger partial charge is 0.450 e. The van der Waals surface area contributed by atoms with E-state index in [2.05, 4.69) is 20.8 Å². The maximum atomic E-state index is 12.6. The van der Waals surface area contributed by atoms with E-state index in [1.165, 1.54) is 6.92 Å². The summed E-state index contributed by atoms with van der Waals surface area (Å²) in [6, 6.07) is -1.11. The van der Waals surface area contributed by atoms with Gasteiger partial charge in [-0.1, -0.05) is 13.3 Å². The minimum atomic E-state index is -1.11. The Labute approximate surface area is 220 Å². The average molecular weight is 544 g/mol.